The molecule has 112 valence electrons. The van der Waals surface area contributed by atoms with Crippen molar-refractivity contribution >= 4 is 11.9 Å². The Morgan fingerprint density at radius 1 is 1.00 bits per heavy atom. The van der Waals surface area contributed by atoms with Gasteiger partial charge in [-0.05, 0) is 49.7 Å². The number of rotatable bonds is 3. The number of carboxylic acid groups (broad SMARTS) is 1. The highest BCUT2D eigenvalue weighted by Gasteiger charge is 2.55. The molecule has 2 aliphatic rings. The van der Waals surface area contributed by atoms with Crippen LogP contribution in [-0.2, 0) is 4.79 Å². The lowest BCUT2D eigenvalue weighted by atomic mass is 9.59. The lowest BCUT2D eigenvalue weighted by Gasteiger charge is -2.50. The molecule has 4 nitrogen and oxygen atoms in total. The third-order valence-corrected chi connectivity index (χ3v) is 5.21. The van der Waals surface area contributed by atoms with Crippen LogP contribution in [0.5, 0.6) is 0 Å². The van der Waals surface area contributed by atoms with Crippen LogP contribution in [0.2, 0.25) is 0 Å². The number of carbonyl (C=O) groups excluding carboxylic acids is 1. The zero-order chi connectivity index (χ0) is 14.9. The summed E-state index contributed by atoms with van der Waals surface area (Å²) in [6.07, 6.45) is 5.75. The van der Waals surface area contributed by atoms with E-state index in [0.29, 0.717) is 5.56 Å². The van der Waals surface area contributed by atoms with Gasteiger partial charge in [-0.1, -0.05) is 31.0 Å². The molecule has 2 saturated carbocycles. The second-order valence-corrected chi connectivity index (χ2v) is 6.25. The van der Waals surface area contributed by atoms with E-state index < -0.39 is 11.5 Å². The summed E-state index contributed by atoms with van der Waals surface area (Å²) < 4.78 is 0. The fraction of sp³-hybridized carbons (Fsp3) is 0.529. The highest BCUT2D eigenvalue weighted by Crippen LogP contribution is 2.47. The number of carbonyl (C=O) groups is 2. The highest BCUT2D eigenvalue weighted by molar-refractivity contribution is 5.98. The normalized spacial score (nSPS) is 31.4. The van der Waals surface area contributed by atoms with Gasteiger partial charge in [0.1, 0.15) is 5.54 Å². The zero-order valence-electron chi connectivity index (χ0n) is 12.0. The number of hydrogen-bond acceptors (Lipinski definition) is 2. The molecule has 0 heterocycles. The molecule has 1 aromatic carbocycles. The molecule has 1 amide bonds. The average Bonchev–Trinajstić information content (AvgIpc) is 2.47. The third kappa shape index (κ3) is 2.33. The van der Waals surface area contributed by atoms with Crippen molar-refractivity contribution in [1.29, 1.82) is 0 Å². The number of carboxylic acids is 1. The van der Waals surface area contributed by atoms with Crippen molar-refractivity contribution < 1.29 is 14.7 Å². The first-order chi connectivity index (χ1) is 10.1. The topological polar surface area (TPSA) is 66.4 Å². The van der Waals surface area contributed by atoms with Crippen LogP contribution in [0, 0.1) is 11.8 Å². The molecule has 0 aliphatic heterocycles. The number of hydrogen-bond donors (Lipinski definition) is 2. The van der Waals surface area contributed by atoms with Crippen molar-refractivity contribution in [2.45, 2.75) is 44.1 Å². The minimum Gasteiger partial charge on any atom is -0.479 e. The van der Waals surface area contributed by atoms with Crippen molar-refractivity contribution in [2.75, 3.05) is 0 Å². The number of nitrogens with one attached hydrogen (secondary N) is 1. The maximum absolute atomic E-state index is 12.5. The van der Waals surface area contributed by atoms with Crippen LogP contribution in [0.25, 0.3) is 0 Å². The van der Waals surface area contributed by atoms with E-state index in [4.69, 9.17) is 0 Å². The minimum atomic E-state index is -1.07. The van der Waals surface area contributed by atoms with Gasteiger partial charge >= 0.3 is 5.97 Å². The van der Waals surface area contributed by atoms with Gasteiger partial charge in [0.25, 0.3) is 5.91 Å². The van der Waals surface area contributed by atoms with Crippen LogP contribution in [0.15, 0.2) is 30.3 Å². The molecule has 0 atom stereocenters. The van der Waals surface area contributed by atoms with E-state index in [-0.39, 0.29) is 17.7 Å². The lowest BCUT2D eigenvalue weighted by Crippen LogP contribution is -2.66. The number of benzene rings is 1. The fourth-order valence-electron chi connectivity index (χ4n) is 4.21. The van der Waals surface area contributed by atoms with Gasteiger partial charge in [-0.3, -0.25) is 4.79 Å². The Labute approximate surface area is 124 Å². The number of fused-ring (bicyclic) bond motifs is 2. The molecule has 2 N–H and O–H groups in total. The highest BCUT2D eigenvalue weighted by atomic mass is 16.4. The van der Waals surface area contributed by atoms with E-state index in [9.17, 15) is 14.7 Å². The van der Waals surface area contributed by atoms with E-state index in [2.05, 4.69) is 5.32 Å². The number of aliphatic carboxylic acids is 1. The molecular weight excluding hydrogens is 266 g/mol. The Hall–Kier alpha value is -1.84. The molecular formula is C17H21NO3. The maximum Gasteiger partial charge on any atom is 0.330 e. The first kappa shape index (κ1) is 14.1. The Morgan fingerprint density at radius 2 is 1.52 bits per heavy atom. The third-order valence-electron chi connectivity index (χ3n) is 5.21. The predicted octanol–water partition coefficient (Wildman–Crippen LogP) is 2.84. The van der Waals surface area contributed by atoms with E-state index >= 15 is 0 Å². The summed E-state index contributed by atoms with van der Waals surface area (Å²) in [4.78, 5) is 24.5. The molecule has 0 aromatic heterocycles. The molecule has 0 radical (unpaired) electrons. The summed E-state index contributed by atoms with van der Waals surface area (Å²) in [6, 6.07) is 8.89. The smallest absolute Gasteiger partial charge is 0.330 e. The van der Waals surface area contributed by atoms with E-state index in [0.717, 1.165) is 38.5 Å². The summed E-state index contributed by atoms with van der Waals surface area (Å²) in [7, 11) is 0. The molecule has 0 saturated heterocycles. The second-order valence-electron chi connectivity index (χ2n) is 6.25. The number of amides is 1. The first-order valence-electron chi connectivity index (χ1n) is 7.75. The lowest BCUT2D eigenvalue weighted by molar-refractivity contribution is -0.154. The SMILES string of the molecule is O=C(NC1(C(=O)O)C2CCCC1CCC2)c1ccccc1. The van der Waals surface area contributed by atoms with Gasteiger partial charge in [0, 0.05) is 5.56 Å². The molecule has 0 spiro atoms. The van der Waals surface area contributed by atoms with Crippen LogP contribution in [0.4, 0.5) is 0 Å². The zero-order valence-corrected chi connectivity index (χ0v) is 12.0. The van der Waals surface area contributed by atoms with Gasteiger partial charge in [-0.2, -0.15) is 0 Å². The standard InChI is InChI=1S/C17H21NO3/c19-15(12-6-2-1-3-7-12)18-17(16(20)21)13-8-4-9-14(17)11-5-10-13/h1-3,6-7,13-14H,4-5,8-11H2,(H,18,19)(H,20,21). The summed E-state index contributed by atoms with van der Waals surface area (Å²) >= 11 is 0. The molecule has 4 heteroatoms. The van der Waals surface area contributed by atoms with Crippen molar-refractivity contribution in [3.63, 3.8) is 0 Å². The van der Waals surface area contributed by atoms with E-state index in [1.54, 1.807) is 24.3 Å². The quantitative estimate of drug-likeness (QED) is 0.898. The molecule has 2 bridgehead atoms. The first-order valence-corrected chi connectivity index (χ1v) is 7.75. The van der Waals surface area contributed by atoms with Gasteiger partial charge < -0.3 is 10.4 Å². The van der Waals surface area contributed by atoms with Crippen LogP contribution < -0.4 is 5.32 Å². The second kappa shape index (κ2) is 5.51. The average molecular weight is 287 g/mol. The van der Waals surface area contributed by atoms with Crippen LogP contribution >= 0.6 is 0 Å². The largest absolute Gasteiger partial charge is 0.479 e. The Morgan fingerprint density at radius 3 is 2.00 bits per heavy atom. The van der Waals surface area contributed by atoms with Gasteiger partial charge in [0.05, 0.1) is 0 Å². The Kier molecular flexibility index (Phi) is 3.70. The Balaban J connectivity index is 1.91. The van der Waals surface area contributed by atoms with E-state index in [1.165, 1.54) is 0 Å². The minimum absolute atomic E-state index is 0.0650. The molecule has 0 unspecified atom stereocenters. The summed E-state index contributed by atoms with van der Waals surface area (Å²) in [5, 5.41) is 12.8. The van der Waals surface area contributed by atoms with Crippen molar-refractivity contribution in [1.82, 2.24) is 5.32 Å². The van der Waals surface area contributed by atoms with Crippen LogP contribution in [-0.4, -0.2) is 22.5 Å². The van der Waals surface area contributed by atoms with Gasteiger partial charge in [0.15, 0.2) is 0 Å². The fourth-order valence-corrected chi connectivity index (χ4v) is 4.21. The van der Waals surface area contributed by atoms with Crippen molar-refractivity contribution in [3.05, 3.63) is 35.9 Å². The monoisotopic (exact) mass is 287 g/mol. The molecule has 21 heavy (non-hydrogen) atoms. The summed E-state index contributed by atoms with van der Waals surface area (Å²) in [5.74, 6) is -0.997. The van der Waals surface area contributed by atoms with Crippen LogP contribution in [0.1, 0.15) is 48.9 Å². The summed E-state index contributed by atoms with van der Waals surface area (Å²) in [6.45, 7) is 0. The van der Waals surface area contributed by atoms with Gasteiger partial charge in [-0.15, -0.1) is 0 Å². The predicted molar refractivity (Wildman–Crippen MR) is 79.0 cm³/mol. The van der Waals surface area contributed by atoms with Gasteiger partial charge in [-0.25, -0.2) is 4.79 Å². The van der Waals surface area contributed by atoms with Crippen molar-refractivity contribution in [2.24, 2.45) is 11.8 Å². The van der Waals surface area contributed by atoms with Crippen LogP contribution in [0.3, 0.4) is 0 Å². The molecule has 2 aliphatic carbocycles. The molecule has 1 aromatic rings. The van der Waals surface area contributed by atoms with Gasteiger partial charge in [0.2, 0.25) is 0 Å². The molecule has 3 rings (SSSR count). The summed E-state index contributed by atoms with van der Waals surface area (Å²) in [5.41, 5.74) is -0.537. The Bertz CT molecular complexity index is 518. The maximum atomic E-state index is 12.5. The molecule has 2 fully saturated rings. The van der Waals surface area contributed by atoms with E-state index in [1.807, 2.05) is 6.07 Å². The van der Waals surface area contributed by atoms with Crippen molar-refractivity contribution in [3.8, 4) is 0 Å².